The average molecular weight is 270 g/mol. The van der Waals surface area contributed by atoms with E-state index >= 15 is 0 Å². The van der Waals surface area contributed by atoms with Crippen LogP contribution in [0.4, 0.5) is 5.69 Å². The van der Waals surface area contributed by atoms with Crippen molar-refractivity contribution in [3.63, 3.8) is 0 Å². The smallest absolute Gasteiger partial charge is 0.241 e. The zero-order valence-corrected chi connectivity index (χ0v) is 11.2. The van der Waals surface area contributed by atoms with Gasteiger partial charge in [0, 0.05) is 24.6 Å². The molecule has 1 aromatic carbocycles. The number of anilines is 1. The van der Waals surface area contributed by atoms with Crippen molar-refractivity contribution in [2.24, 2.45) is 0 Å². The second kappa shape index (κ2) is 5.88. The molecular formula is C15H18N4O. The highest BCUT2D eigenvalue weighted by Crippen LogP contribution is 2.14. The fourth-order valence-corrected chi connectivity index (χ4v) is 2.48. The first-order valence-corrected chi connectivity index (χ1v) is 6.90. The van der Waals surface area contributed by atoms with Gasteiger partial charge in [-0.1, -0.05) is 12.1 Å². The molecule has 0 radical (unpaired) electrons. The molecule has 1 aliphatic heterocycles. The van der Waals surface area contributed by atoms with Crippen LogP contribution in [0.2, 0.25) is 0 Å². The van der Waals surface area contributed by atoms with Crippen LogP contribution in [0.5, 0.6) is 0 Å². The van der Waals surface area contributed by atoms with Gasteiger partial charge in [-0.05, 0) is 37.1 Å². The van der Waals surface area contributed by atoms with Crippen LogP contribution in [0.1, 0.15) is 18.4 Å². The molecule has 2 N–H and O–H groups in total. The summed E-state index contributed by atoms with van der Waals surface area (Å²) in [4.78, 5) is 16.1. The Labute approximate surface area is 118 Å². The van der Waals surface area contributed by atoms with Gasteiger partial charge in [0.25, 0.3) is 0 Å². The summed E-state index contributed by atoms with van der Waals surface area (Å²) in [6.07, 6.45) is 7.46. The quantitative estimate of drug-likeness (QED) is 0.887. The van der Waals surface area contributed by atoms with Crippen molar-refractivity contribution < 1.29 is 4.79 Å². The molecule has 0 saturated carbocycles. The number of carbonyl (C=O) groups is 1. The number of carbonyl (C=O) groups excluding carboxylic acids is 1. The van der Waals surface area contributed by atoms with E-state index in [9.17, 15) is 4.79 Å². The normalized spacial score (nSPS) is 18.1. The van der Waals surface area contributed by atoms with Gasteiger partial charge in [-0.25, -0.2) is 4.98 Å². The molecule has 5 heteroatoms. The molecule has 0 unspecified atom stereocenters. The highest BCUT2D eigenvalue weighted by molar-refractivity contribution is 5.95. The van der Waals surface area contributed by atoms with Crippen LogP contribution in [0.25, 0.3) is 0 Å². The number of nitrogens with zero attached hydrogens (tertiary/aromatic N) is 2. The molecule has 1 amide bonds. The minimum Gasteiger partial charge on any atom is -0.333 e. The van der Waals surface area contributed by atoms with Gasteiger partial charge in [0.05, 0.1) is 12.4 Å². The molecule has 5 nitrogen and oxygen atoms in total. The van der Waals surface area contributed by atoms with Crippen molar-refractivity contribution in [1.29, 1.82) is 0 Å². The molecule has 0 spiro atoms. The summed E-state index contributed by atoms with van der Waals surface area (Å²) >= 11 is 0. The van der Waals surface area contributed by atoms with Crippen molar-refractivity contribution >= 4 is 11.6 Å². The van der Waals surface area contributed by atoms with Crippen molar-refractivity contribution in [3.8, 4) is 0 Å². The predicted octanol–water partition coefficient (Wildman–Crippen LogP) is 1.62. The Hall–Kier alpha value is -2.14. The van der Waals surface area contributed by atoms with Crippen molar-refractivity contribution in [2.45, 2.75) is 25.4 Å². The number of rotatable bonds is 4. The second-order valence-electron chi connectivity index (χ2n) is 5.07. The van der Waals surface area contributed by atoms with Crippen LogP contribution in [0, 0.1) is 0 Å². The van der Waals surface area contributed by atoms with Gasteiger partial charge in [-0.3, -0.25) is 4.79 Å². The third-order valence-corrected chi connectivity index (χ3v) is 3.50. The van der Waals surface area contributed by atoms with E-state index < -0.39 is 0 Å². The van der Waals surface area contributed by atoms with E-state index in [-0.39, 0.29) is 11.9 Å². The molecule has 104 valence electrons. The summed E-state index contributed by atoms with van der Waals surface area (Å²) in [6.45, 7) is 1.68. The average Bonchev–Trinajstić information content (AvgIpc) is 3.12. The number of hydrogen-bond acceptors (Lipinski definition) is 3. The maximum Gasteiger partial charge on any atom is 0.241 e. The Morgan fingerprint density at radius 2 is 2.45 bits per heavy atom. The number of benzene rings is 1. The maximum atomic E-state index is 12.1. The molecular weight excluding hydrogens is 252 g/mol. The van der Waals surface area contributed by atoms with Crippen LogP contribution in [-0.2, 0) is 11.3 Å². The first kappa shape index (κ1) is 12.9. The predicted molar refractivity (Wildman–Crippen MR) is 77.4 cm³/mol. The van der Waals surface area contributed by atoms with Gasteiger partial charge < -0.3 is 15.2 Å². The van der Waals surface area contributed by atoms with Crippen LogP contribution >= 0.6 is 0 Å². The maximum absolute atomic E-state index is 12.1. The van der Waals surface area contributed by atoms with Crippen molar-refractivity contribution in [1.82, 2.24) is 14.9 Å². The summed E-state index contributed by atoms with van der Waals surface area (Å²) in [5.41, 5.74) is 1.99. The van der Waals surface area contributed by atoms with Gasteiger partial charge in [-0.2, -0.15) is 0 Å². The van der Waals surface area contributed by atoms with Gasteiger partial charge in [0.1, 0.15) is 0 Å². The van der Waals surface area contributed by atoms with E-state index in [0.29, 0.717) is 0 Å². The lowest BCUT2D eigenvalue weighted by Gasteiger charge is -2.12. The molecule has 20 heavy (non-hydrogen) atoms. The number of aromatic nitrogens is 2. The number of imidazole rings is 1. The van der Waals surface area contributed by atoms with E-state index in [1.54, 1.807) is 12.5 Å². The molecule has 0 aliphatic carbocycles. The second-order valence-corrected chi connectivity index (χ2v) is 5.07. The van der Waals surface area contributed by atoms with Crippen LogP contribution < -0.4 is 10.6 Å². The largest absolute Gasteiger partial charge is 0.333 e. The molecule has 2 heterocycles. The summed E-state index contributed by atoms with van der Waals surface area (Å²) in [5.74, 6) is 0.0577. The van der Waals surface area contributed by atoms with Gasteiger partial charge >= 0.3 is 0 Å². The number of nitrogens with one attached hydrogen (secondary N) is 2. The van der Waals surface area contributed by atoms with Crippen LogP contribution in [0.15, 0.2) is 43.0 Å². The summed E-state index contributed by atoms with van der Waals surface area (Å²) in [7, 11) is 0. The van der Waals surface area contributed by atoms with Crippen molar-refractivity contribution in [2.75, 3.05) is 11.9 Å². The van der Waals surface area contributed by atoms with E-state index in [1.807, 2.05) is 35.0 Å². The third-order valence-electron chi connectivity index (χ3n) is 3.50. The minimum absolute atomic E-state index is 0.0488. The van der Waals surface area contributed by atoms with Gasteiger partial charge in [0.2, 0.25) is 5.91 Å². The highest BCUT2D eigenvalue weighted by atomic mass is 16.2. The van der Waals surface area contributed by atoms with E-state index in [0.717, 1.165) is 37.2 Å². The Kier molecular flexibility index (Phi) is 3.78. The Bertz CT molecular complexity index is 573. The number of hydrogen-bond donors (Lipinski definition) is 2. The SMILES string of the molecule is O=C(Nc1cccc(Cn2ccnc2)c1)[C@H]1CCCN1. The van der Waals surface area contributed by atoms with Crippen LogP contribution in [-0.4, -0.2) is 28.0 Å². The Balaban J connectivity index is 1.66. The van der Waals surface area contributed by atoms with Crippen molar-refractivity contribution in [3.05, 3.63) is 48.5 Å². The fourth-order valence-electron chi connectivity index (χ4n) is 2.48. The molecule has 1 saturated heterocycles. The summed E-state index contributed by atoms with van der Waals surface area (Å²) < 4.78 is 2.00. The summed E-state index contributed by atoms with van der Waals surface area (Å²) in [6, 6.07) is 7.89. The molecule has 3 rings (SSSR count). The monoisotopic (exact) mass is 270 g/mol. The lowest BCUT2D eigenvalue weighted by atomic mass is 10.1. The molecule has 0 bridgehead atoms. The van der Waals surface area contributed by atoms with Gasteiger partial charge in [0.15, 0.2) is 0 Å². The molecule has 1 aliphatic rings. The summed E-state index contributed by atoms with van der Waals surface area (Å²) in [5, 5.41) is 6.18. The number of amides is 1. The lowest BCUT2D eigenvalue weighted by Crippen LogP contribution is -2.35. The van der Waals surface area contributed by atoms with Gasteiger partial charge in [-0.15, -0.1) is 0 Å². The minimum atomic E-state index is -0.0488. The molecule has 1 atom stereocenters. The topological polar surface area (TPSA) is 59.0 Å². The van der Waals surface area contributed by atoms with E-state index in [2.05, 4.69) is 15.6 Å². The highest BCUT2D eigenvalue weighted by Gasteiger charge is 2.21. The first-order chi connectivity index (χ1) is 9.81. The fraction of sp³-hybridized carbons (Fsp3) is 0.333. The molecule has 2 aromatic rings. The standard InChI is InChI=1S/C15H18N4O/c20-15(14-5-2-6-17-14)18-13-4-1-3-12(9-13)10-19-8-7-16-11-19/h1,3-4,7-9,11,14,17H,2,5-6,10H2,(H,18,20)/t14-/m1/s1. The third kappa shape index (κ3) is 3.05. The molecule has 1 fully saturated rings. The van der Waals surface area contributed by atoms with Crippen LogP contribution in [0.3, 0.4) is 0 Å². The Morgan fingerprint density at radius 3 is 3.20 bits per heavy atom. The Morgan fingerprint density at radius 1 is 1.50 bits per heavy atom. The van der Waals surface area contributed by atoms with E-state index in [4.69, 9.17) is 0 Å². The zero-order chi connectivity index (χ0) is 13.8. The molecule has 1 aromatic heterocycles. The lowest BCUT2D eigenvalue weighted by molar-refractivity contribution is -0.117. The first-order valence-electron chi connectivity index (χ1n) is 6.90. The van der Waals surface area contributed by atoms with E-state index in [1.165, 1.54) is 0 Å². The zero-order valence-electron chi connectivity index (χ0n) is 11.2.